The van der Waals surface area contributed by atoms with Gasteiger partial charge in [0.1, 0.15) is 4.90 Å². The summed E-state index contributed by atoms with van der Waals surface area (Å²) in [5, 5.41) is 0.342. The van der Waals surface area contributed by atoms with Gasteiger partial charge >= 0.3 is 0 Å². The summed E-state index contributed by atoms with van der Waals surface area (Å²) in [7, 11) is -2.17. The van der Waals surface area contributed by atoms with Crippen molar-refractivity contribution in [2.45, 2.75) is 23.8 Å². The summed E-state index contributed by atoms with van der Waals surface area (Å²) >= 11 is 11.8. The van der Waals surface area contributed by atoms with Crippen LogP contribution in [0.15, 0.2) is 17.0 Å². The summed E-state index contributed by atoms with van der Waals surface area (Å²) in [4.78, 5) is -0.0830. The number of halogens is 2. The third kappa shape index (κ3) is 3.04. The van der Waals surface area contributed by atoms with Crippen LogP contribution in [-0.4, -0.2) is 39.0 Å². The number of piperidine rings is 1. The van der Waals surface area contributed by atoms with Gasteiger partial charge in [0.25, 0.3) is 0 Å². The number of methoxy groups -OCH3 is 1. The van der Waals surface area contributed by atoms with Crippen LogP contribution < -0.4 is 5.73 Å². The standard InChI is InChI=1S/C12H16Cl2N2O3S/c1-19-9-3-2-4-16(7-9)20(17,18)12-10(14)5-8(13)6-11(12)15/h5-6,9H,2-4,7,15H2,1H3. The van der Waals surface area contributed by atoms with Crippen LogP contribution in [0.1, 0.15) is 12.8 Å². The van der Waals surface area contributed by atoms with Crippen LogP contribution in [0.2, 0.25) is 10.0 Å². The SMILES string of the molecule is COC1CCCN(S(=O)(=O)c2c(N)cc(Cl)cc2Cl)C1. The molecule has 0 spiro atoms. The van der Waals surface area contributed by atoms with Gasteiger partial charge in [0.2, 0.25) is 10.0 Å². The summed E-state index contributed by atoms with van der Waals surface area (Å²) in [6.07, 6.45) is 1.47. The fourth-order valence-corrected chi connectivity index (χ4v) is 4.75. The molecule has 0 aliphatic carbocycles. The van der Waals surface area contributed by atoms with E-state index >= 15 is 0 Å². The van der Waals surface area contributed by atoms with Crippen molar-refractivity contribution in [3.05, 3.63) is 22.2 Å². The van der Waals surface area contributed by atoms with Crippen molar-refractivity contribution in [2.75, 3.05) is 25.9 Å². The molecule has 1 aromatic carbocycles. The minimum absolute atomic E-state index is 0.0366. The molecule has 2 N–H and O–H groups in total. The summed E-state index contributed by atoms with van der Waals surface area (Å²) in [6.45, 7) is 0.734. The Labute approximate surface area is 128 Å². The second-order valence-corrected chi connectivity index (χ2v) is 7.39. The molecule has 5 nitrogen and oxygen atoms in total. The van der Waals surface area contributed by atoms with E-state index in [2.05, 4.69) is 0 Å². The van der Waals surface area contributed by atoms with E-state index in [0.717, 1.165) is 12.8 Å². The molecule has 0 radical (unpaired) electrons. The first-order valence-electron chi connectivity index (χ1n) is 6.13. The fourth-order valence-electron chi connectivity index (χ4n) is 2.30. The highest BCUT2D eigenvalue weighted by Crippen LogP contribution is 2.34. The molecule has 1 saturated heterocycles. The van der Waals surface area contributed by atoms with Crippen molar-refractivity contribution in [3.8, 4) is 0 Å². The molecule has 1 unspecified atom stereocenters. The van der Waals surface area contributed by atoms with E-state index < -0.39 is 10.0 Å². The molecule has 1 aliphatic rings. The Morgan fingerprint density at radius 1 is 1.40 bits per heavy atom. The van der Waals surface area contributed by atoms with Gasteiger partial charge in [0, 0.05) is 25.2 Å². The maximum absolute atomic E-state index is 12.7. The Morgan fingerprint density at radius 3 is 2.70 bits per heavy atom. The molecule has 2 rings (SSSR count). The lowest BCUT2D eigenvalue weighted by molar-refractivity contribution is 0.0572. The Hall–Kier alpha value is -0.530. The van der Waals surface area contributed by atoms with Gasteiger partial charge in [-0.15, -0.1) is 0 Å². The number of nitrogen functional groups attached to an aromatic ring is 1. The van der Waals surface area contributed by atoms with Crippen LogP contribution in [0.4, 0.5) is 5.69 Å². The van der Waals surface area contributed by atoms with E-state index in [4.69, 9.17) is 33.7 Å². The molecule has 1 fully saturated rings. The number of rotatable bonds is 3. The lowest BCUT2D eigenvalue weighted by atomic mass is 10.1. The molecular weight excluding hydrogens is 323 g/mol. The number of nitrogens with two attached hydrogens (primary N) is 1. The van der Waals surface area contributed by atoms with E-state index in [1.54, 1.807) is 7.11 Å². The molecule has 0 amide bonds. The summed E-state index contributed by atoms with van der Waals surface area (Å²) < 4.78 is 31.9. The van der Waals surface area contributed by atoms with Crippen LogP contribution in [0.3, 0.4) is 0 Å². The highest BCUT2D eigenvalue weighted by molar-refractivity contribution is 7.89. The minimum atomic E-state index is -3.75. The third-order valence-corrected chi connectivity index (χ3v) is 5.92. The molecule has 20 heavy (non-hydrogen) atoms. The fraction of sp³-hybridized carbons (Fsp3) is 0.500. The zero-order valence-corrected chi connectivity index (χ0v) is 13.3. The molecule has 0 saturated carbocycles. The molecule has 0 bridgehead atoms. The van der Waals surface area contributed by atoms with Gasteiger partial charge < -0.3 is 10.5 Å². The Morgan fingerprint density at radius 2 is 2.10 bits per heavy atom. The lowest BCUT2D eigenvalue weighted by Crippen LogP contribution is -2.43. The summed E-state index contributed by atoms with van der Waals surface area (Å²) in [5.41, 5.74) is 5.83. The van der Waals surface area contributed by atoms with Gasteiger partial charge in [-0.2, -0.15) is 4.31 Å². The number of benzene rings is 1. The maximum atomic E-state index is 12.7. The largest absolute Gasteiger partial charge is 0.398 e. The van der Waals surface area contributed by atoms with Crippen molar-refractivity contribution >= 4 is 38.9 Å². The number of sulfonamides is 1. The first-order chi connectivity index (χ1) is 9.36. The van der Waals surface area contributed by atoms with E-state index in [9.17, 15) is 8.42 Å². The topological polar surface area (TPSA) is 72.6 Å². The van der Waals surface area contributed by atoms with Crippen molar-refractivity contribution in [1.29, 1.82) is 0 Å². The molecule has 8 heteroatoms. The first kappa shape index (κ1) is 15.9. The third-order valence-electron chi connectivity index (χ3n) is 3.31. The smallest absolute Gasteiger partial charge is 0.246 e. The van der Waals surface area contributed by atoms with Crippen LogP contribution >= 0.6 is 23.2 Å². The predicted molar refractivity (Wildman–Crippen MR) is 79.7 cm³/mol. The van der Waals surface area contributed by atoms with Gasteiger partial charge in [-0.1, -0.05) is 23.2 Å². The highest BCUT2D eigenvalue weighted by Gasteiger charge is 2.33. The van der Waals surface area contributed by atoms with E-state index in [-0.39, 0.29) is 21.7 Å². The van der Waals surface area contributed by atoms with Crippen LogP contribution in [-0.2, 0) is 14.8 Å². The number of nitrogens with zero attached hydrogens (tertiary/aromatic N) is 1. The zero-order valence-electron chi connectivity index (χ0n) is 11.0. The van der Waals surface area contributed by atoms with E-state index in [1.165, 1.54) is 16.4 Å². The van der Waals surface area contributed by atoms with Crippen molar-refractivity contribution in [3.63, 3.8) is 0 Å². The number of hydrogen-bond donors (Lipinski definition) is 1. The highest BCUT2D eigenvalue weighted by atomic mass is 35.5. The van der Waals surface area contributed by atoms with Crippen molar-refractivity contribution < 1.29 is 13.2 Å². The molecule has 112 valence electrons. The predicted octanol–water partition coefficient (Wildman–Crippen LogP) is 2.38. The average molecular weight is 339 g/mol. The quantitative estimate of drug-likeness (QED) is 0.858. The molecule has 0 aromatic heterocycles. The van der Waals surface area contributed by atoms with Gasteiger partial charge in [0.05, 0.1) is 16.8 Å². The average Bonchev–Trinajstić information content (AvgIpc) is 2.37. The lowest BCUT2D eigenvalue weighted by Gasteiger charge is -2.31. The van der Waals surface area contributed by atoms with E-state index in [1.807, 2.05) is 0 Å². The van der Waals surface area contributed by atoms with Gasteiger partial charge in [-0.3, -0.25) is 0 Å². The summed E-state index contributed by atoms with van der Waals surface area (Å²) in [5.74, 6) is 0. The Bertz CT molecular complexity index is 584. The number of anilines is 1. The number of ether oxygens (including phenoxy) is 1. The van der Waals surface area contributed by atoms with Crippen LogP contribution in [0.5, 0.6) is 0 Å². The second kappa shape index (κ2) is 6.07. The molecule has 1 aliphatic heterocycles. The van der Waals surface area contributed by atoms with Crippen LogP contribution in [0.25, 0.3) is 0 Å². The Balaban J connectivity index is 2.40. The second-order valence-electron chi connectivity index (χ2n) is 4.67. The molecule has 1 heterocycles. The molecular formula is C12H16Cl2N2O3S. The minimum Gasteiger partial charge on any atom is -0.398 e. The first-order valence-corrected chi connectivity index (χ1v) is 8.33. The van der Waals surface area contributed by atoms with Gasteiger partial charge in [0.15, 0.2) is 0 Å². The van der Waals surface area contributed by atoms with Crippen molar-refractivity contribution in [2.24, 2.45) is 0 Å². The van der Waals surface area contributed by atoms with Gasteiger partial charge in [-0.25, -0.2) is 8.42 Å². The number of hydrogen-bond acceptors (Lipinski definition) is 4. The van der Waals surface area contributed by atoms with Gasteiger partial charge in [-0.05, 0) is 25.0 Å². The molecule has 1 aromatic rings. The van der Waals surface area contributed by atoms with Crippen molar-refractivity contribution in [1.82, 2.24) is 4.31 Å². The molecule has 1 atom stereocenters. The van der Waals surface area contributed by atoms with Crippen LogP contribution in [0, 0.1) is 0 Å². The van der Waals surface area contributed by atoms with E-state index in [0.29, 0.717) is 18.1 Å². The summed E-state index contributed by atoms with van der Waals surface area (Å²) in [6, 6.07) is 2.77. The normalized spacial score (nSPS) is 21.1. The Kier molecular flexibility index (Phi) is 4.81. The maximum Gasteiger partial charge on any atom is 0.246 e. The zero-order chi connectivity index (χ0) is 14.9. The monoisotopic (exact) mass is 338 g/mol.